The summed E-state index contributed by atoms with van der Waals surface area (Å²) in [6, 6.07) is 0. The molecule has 4 aliphatic rings. The van der Waals surface area contributed by atoms with Crippen LogP contribution in [0.1, 0.15) is 112 Å². The highest BCUT2D eigenvalue weighted by Gasteiger charge is 2.49. The van der Waals surface area contributed by atoms with Crippen molar-refractivity contribution in [2.24, 2.45) is 0 Å². The van der Waals surface area contributed by atoms with Crippen molar-refractivity contribution < 1.29 is 9.90 Å². The van der Waals surface area contributed by atoms with Gasteiger partial charge in [-0.15, -0.1) is 0 Å². The number of nitrogens with zero attached hydrogens (tertiary/aromatic N) is 4. The van der Waals surface area contributed by atoms with E-state index in [1.54, 1.807) is 0 Å². The van der Waals surface area contributed by atoms with Gasteiger partial charge in [-0.05, 0) is 55.1 Å². The Kier molecular flexibility index (Phi) is 5.82. The van der Waals surface area contributed by atoms with Crippen LogP contribution in [0.2, 0.25) is 0 Å². The topological polar surface area (TPSA) is 141 Å². The van der Waals surface area contributed by atoms with E-state index in [2.05, 4.69) is 33.8 Å². The van der Waals surface area contributed by atoms with Crippen LogP contribution in [-0.4, -0.2) is 36.9 Å². The first-order chi connectivity index (χ1) is 16.3. The molecule has 0 aromatic carbocycles. The Morgan fingerprint density at radius 1 is 0.853 bits per heavy atom. The largest absolute Gasteiger partial charge is 0.392 e. The number of Topliss-reactive ketones (excluding diaryl/α,β-unsaturated/α-hetero) is 1. The van der Waals surface area contributed by atoms with Gasteiger partial charge in [0.15, 0.2) is 0 Å². The molecule has 2 fully saturated rings. The van der Waals surface area contributed by atoms with Crippen molar-refractivity contribution in [3.05, 3.63) is 34.9 Å². The van der Waals surface area contributed by atoms with Crippen molar-refractivity contribution in [3.8, 4) is 0 Å². The number of anilines is 2. The second-order valence-corrected chi connectivity index (χ2v) is 10.9. The lowest BCUT2D eigenvalue weighted by atomic mass is 9.67. The van der Waals surface area contributed by atoms with E-state index in [-0.39, 0.29) is 28.8 Å². The van der Waals surface area contributed by atoms with Gasteiger partial charge in [0.2, 0.25) is 11.9 Å². The van der Waals surface area contributed by atoms with E-state index in [9.17, 15) is 9.90 Å². The lowest BCUT2D eigenvalue weighted by Crippen LogP contribution is -2.43. The van der Waals surface area contributed by atoms with E-state index in [1.165, 1.54) is 18.4 Å². The highest BCUT2D eigenvalue weighted by atomic mass is 16.3. The minimum atomic E-state index is -0.334. The SMILES string of the molecule is CC1CC(=O)C2(CCCC2)c2nc(N)ncc21.CC1CC(O)C2(CCCC2)c2nc(N)ncc21. The van der Waals surface area contributed by atoms with Gasteiger partial charge in [0.25, 0.3) is 0 Å². The fourth-order valence-electron chi connectivity index (χ4n) is 6.94. The number of carbonyl (C=O) groups excluding carboxylic acids is 1. The summed E-state index contributed by atoms with van der Waals surface area (Å²) in [6.07, 6.45) is 13.3. The average molecular weight is 465 g/mol. The van der Waals surface area contributed by atoms with Crippen LogP contribution in [0.15, 0.2) is 12.4 Å². The summed E-state index contributed by atoms with van der Waals surface area (Å²) in [5.41, 5.74) is 15.2. The molecule has 8 heteroatoms. The normalized spacial score (nSPS) is 28.3. The highest BCUT2D eigenvalue weighted by molar-refractivity contribution is 5.92. The molecule has 6 rings (SSSR count). The number of nitrogen functional groups attached to an aromatic ring is 2. The molecule has 34 heavy (non-hydrogen) atoms. The van der Waals surface area contributed by atoms with Crippen molar-refractivity contribution in [3.63, 3.8) is 0 Å². The smallest absolute Gasteiger partial charge is 0.220 e. The molecule has 2 saturated carbocycles. The summed E-state index contributed by atoms with van der Waals surface area (Å²) in [7, 11) is 0. The van der Waals surface area contributed by atoms with Crippen molar-refractivity contribution in [2.75, 3.05) is 11.5 Å². The quantitative estimate of drug-likeness (QED) is 0.536. The molecule has 2 aromatic rings. The molecule has 0 saturated heterocycles. The van der Waals surface area contributed by atoms with Crippen LogP contribution in [0, 0.1) is 0 Å². The molecule has 0 radical (unpaired) electrons. The standard InChI is InChI=1S/C13H19N3O.C13H17N3O/c2*1-8-6-10(17)13(4-2-3-5-13)11-9(8)7-15-12(14)16-11/h7-8,10,17H,2-6H2,1H3,(H2,14,15,16);7-8H,2-6H2,1H3,(H2,14,15,16). The third-order valence-electron chi connectivity index (χ3n) is 8.85. The van der Waals surface area contributed by atoms with Gasteiger partial charge in [0, 0.05) is 24.2 Å². The maximum absolute atomic E-state index is 12.4. The van der Waals surface area contributed by atoms with Gasteiger partial charge in [0.05, 0.1) is 22.9 Å². The van der Waals surface area contributed by atoms with Crippen molar-refractivity contribution in [2.45, 2.75) is 107 Å². The Balaban J connectivity index is 0.000000142. The zero-order valence-electron chi connectivity index (χ0n) is 20.3. The molecule has 3 atom stereocenters. The number of carbonyl (C=O) groups is 1. The van der Waals surface area contributed by atoms with Crippen LogP contribution in [0.25, 0.3) is 0 Å². The fraction of sp³-hybridized carbons (Fsp3) is 0.654. The van der Waals surface area contributed by atoms with Crippen molar-refractivity contribution >= 4 is 17.7 Å². The van der Waals surface area contributed by atoms with Crippen LogP contribution in [0.4, 0.5) is 11.9 Å². The van der Waals surface area contributed by atoms with E-state index in [4.69, 9.17) is 11.5 Å². The van der Waals surface area contributed by atoms with Crippen LogP contribution in [0.5, 0.6) is 0 Å². The van der Waals surface area contributed by atoms with E-state index < -0.39 is 0 Å². The zero-order chi connectivity index (χ0) is 24.1. The minimum absolute atomic E-state index is 0.140. The summed E-state index contributed by atoms with van der Waals surface area (Å²) in [5, 5.41) is 10.5. The number of aromatic nitrogens is 4. The molecule has 4 aliphatic carbocycles. The first-order valence-electron chi connectivity index (χ1n) is 12.7. The first-order valence-corrected chi connectivity index (χ1v) is 12.7. The Hall–Kier alpha value is -2.61. The maximum atomic E-state index is 12.4. The fourth-order valence-corrected chi connectivity index (χ4v) is 6.94. The Morgan fingerprint density at radius 2 is 1.38 bits per heavy atom. The van der Waals surface area contributed by atoms with Crippen LogP contribution >= 0.6 is 0 Å². The van der Waals surface area contributed by atoms with Gasteiger partial charge in [-0.25, -0.2) is 19.9 Å². The molecule has 5 N–H and O–H groups in total. The van der Waals surface area contributed by atoms with Gasteiger partial charge in [-0.2, -0.15) is 0 Å². The van der Waals surface area contributed by atoms with Gasteiger partial charge in [-0.3, -0.25) is 4.79 Å². The van der Waals surface area contributed by atoms with E-state index in [0.717, 1.165) is 61.9 Å². The molecule has 182 valence electrons. The molecule has 0 aliphatic heterocycles. The monoisotopic (exact) mass is 464 g/mol. The molecular formula is C26H36N6O2. The molecule has 2 spiro atoms. The number of fused-ring (bicyclic) bond motifs is 4. The average Bonchev–Trinajstić information content (AvgIpc) is 3.49. The van der Waals surface area contributed by atoms with Gasteiger partial charge < -0.3 is 16.6 Å². The Bertz CT molecular complexity index is 1090. The number of aliphatic hydroxyl groups is 1. The number of aliphatic hydroxyl groups excluding tert-OH is 1. The van der Waals surface area contributed by atoms with Crippen LogP contribution in [-0.2, 0) is 15.6 Å². The summed E-state index contributed by atoms with van der Waals surface area (Å²) >= 11 is 0. The van der Waals surface area contributed by atoms with Gasteiger partial charge >= 0.3 is 0 Å². The predicted octanol–water partition coefficient (Wildman–Crippen LogP) is 3.69. The molecule has 2 aromatic heterocycles. The number of ketones is 1. The van der Waals surface area contributed by atoms with Crippen molar-refractivity contribution in [1.82, 2.24) is 19.9 Å². The summed E-state index contributed by atoms with van der Waals surface area (Å²) in [4.78, 5) is 29.4. The molecule has 3 unspecified atom stereocenters. The van der Waals surface area contributed by atoms with Crippen LogP contribution in [0.3, 0.4) is 0 Å². The molecule has 8 nitrogen and oxygen atoms in total. The summed E-state index contributed by atoms with van der Waals surface area (Å²) in [6.45, 7) is 4.20. The first kappa shape index (κ1) is 23.1. The number of rotatable bonds is 0. The Labute approximate surface area is 201 Å². The number of hydrogen-bond donors (Lipinski definition) is 3. The number of nitrogens with two attached hydrogens (primary N) is 2. The van der Waals surface area contributed by atoms with E-state index >= 15 is 0 Å². The Morgan fingerprint density at radius 3 is 2.00 bits per heavy atom. The van der Waals surface area contributed by atoms with Gasteiger partial charge in [0.1, 0.15) is 5.78 Å². The number of hydrogen-bond acceptors (Lipinski definition) is 8. The maximum Gasteiger partial charge on any atom is 0.220 e. The third-order valence-corrected chi connectivity index (χ3v) is 8.85. The summed E-state index contributed by atoms with van der Waals surface area (Å²) in [5.74, 6) is 1.53. The second kappa shape index (κ2) is 8.56. The molecule has 0 bridgehead atoms. The van der Waals surface area contributed by atoms with E-state index in [1.807, 2.05) is 12.4 Å². The highest BCUT2D eigenvalue weighted by Crippen LogP contribution is 2.51. The minimum Gasteiger partial charge on any atom is -0.392 e. The summed E-state index contributed by atoms with van der Waals surface area (Å²) < 4.78 is 0. The van der Waals surface area contributed by atoms with E-state index in [0.29, 0.717) is 24.1 Å². The predicted molar refractivity (Wildman–Crippen MR) is 130 cm³/mol. The molecular weight excluding hydrogens is 428 g/mol. The lowest BCUT2D eigenvalue weighted by molar-refractivity contribution is -0.125. The third kappa shape index (κ3) is 3.58. The second-order valence-electron chi connectivity index (χ2n) is 10.9. The van der Waals surface area contributed by atoms with Crippen molar-refractivity contribution in [1.29, 1.82) is 0 Å². The molecule has 2 heterocycles. The lowest BCUT2D eigenvalue weighted by Gasteiger charge is -2.41. The molecule has 0 amide bonds. The zero-order valence-corrected chi connectivity index (χ0v) is 20.3. The van der Waals surface area contributed by atoms with Crippen LogP contribution < -0.4 is 11.5 Å². The van der Waals surface area contributed by atoms with Gasteiger partial charge in [-0.1, -0.05) is 39.5 Å².